The van der Waals surface area contributed by atoms with Gasteiger partial charge >= 0.3 is 0 Å². The molecule has 0 aliphatic carbocycles. The predicted octanol–water partition coefficient (Wildman–Crippen LogP) is 2.69. The second-order valence-corrected chi connectivity index (χ2v) is 3.55. The van der Waals surface area contributed by atoms with E-state index in [-0.39, 0.29) is 12.4 Å². The third-order valence-corrected chi connectivity index (χ3v) is 2.15. The highest BCUT2D eigenvalue weighted by Crippen LogP contribution is 2.11. The van der Waals surface area contributed by atoms with Gasteiger partial charge < -0.3 is 4.74 Å². The fraction of sp³-hybridized carbons (Fsp3) is 0.308. The molecule has 0 heterocycles. The van der Waals surface area contributed by atoms with Crippen LogP contribution >= 0.6 is 0 Å². The molecule has 0 atom stereocenters. The SMILES string of the molecule is C=CCOCC(=O)c1ccc(C)cc1C. The lowest BCUT2D eigenvalue weighted by Crippen LogP contribution is -2.10. The topological polar surface area (TPSA) is 26.3 Å². The zero-order valence-corrected chi connectivity index (χ0v) is 9.25. The van der Waals surface area contributed by atoms with Crippen LogP contribution in [0.3, 0.4) is 0 Å². The van der Waals surface area contributed by atoms with Crippen LogP contribution in [0.4, 0.5) is 0 Å². The van der Waals surface area contributed by atoms with E-state index < -0.39 is 0 Å². The van der Waals surface area contributed by atoms with Crippen molar-refractivity contribution in [1.82, 2.24) is 0 Å². The number of benzene rings is 1. The Hall–Kier alpha value is -1.41. The van der Waals surface area contributed by atoms with Crippen LogP contribution in [0.5, 0.6) is 0 Å². The fourth-order valence-electron chi connectivity index (χ4n) is 1.44. The molecule has 0 saturated carbocycles. The molecule has 0 bridgehead atoms. The highest BCUT2D eigenvalue weighted by atomic mass is 16.5. The number of carbonyl (C=O) groups excluding carboxylic acids is 1. The molecule has 15 heavy (non-hydrogen) atoms. The van der Waals surface area contributed by atoms with E-state index in [1.165, 1.54) is 0 Å². The van der Waals surface area contributed by atoms with Gasteiger partial charge in [-0.05, 0) is 19.4 Å². The number of ether oxygens (including phenoxy) is 1. The summed E-state index contributed by atoms with van der Waals surface area (Å²) in [5.74, 6) is 0.0225. The minimum atomic E-state index is 0.0225. The molecule has 0 N–H and O–H groups in total. The van der Waals surface area contributed by atoms with Crippen molar-refractivity contribution in [3.63, 3.8) is 0 Å². The van der Waals surface area contributed by atoms with E-state index in [0.29, 0.717) is 6.61 Å². The van der Waals surface area contributed by atoms with Crippen LogP contribution in [0.15, 0.2) is 30.9 Å². The van der Waals surface area contributed by atoms with Crippen molar-refractivity contribution in [2.75, 3.05) is 13.2 Å². The largest absolute Gasteiger partial charge is 0.369 e. The molecule has 1 aromatic carbocycles. The zero-order chi connectivity index (χ0) is 11.3. The molecule has 0 aromatic heterocycles. The van der Waals surface area contributed by atoms with Crippen LogP contribution in [-0.4, -0.2) is 19.0 Å². The number of rotatable bonds is 5. The maximum Gasteiger partial charge on any atom is 0.188 e. The monoisotopic (exact) mass is 204 g/mol. The van der Waals surface area contributed by atoms with E-state index >= 15 is 0 Å². The van der Waals surface area contributed by atoms with Crippen molar-refractivity contribution in [3.05, 3.63) is 47.5 Å². The number of Topliss-reactive ketones (excluding diaryl/α,β-unsaturated/α-hetero) is 1. The molecule has 2 heteroatoms. The quantitative estimate of drug-likeness (QED) is 0.419. The molecule has 0 radical (unpaired) electrons. The van der Waals surface area contributed by atoms with Crippen molar-refractivity contribution >= 4 is 5.78 Å². The Kier molecular flexibility index (Phi) is 4.25. The molecular formula is C13H16O2. The van der Waals surface area contributed by atoms with Gasteiger partial charge in [-0.25, -0.2) is 0 Å². The number of carbonyl (C=O) groups is 1. The molecule has 0 amide bonds. The smallest absolute Gasteiger partial charge is 0.188 e. The predicted molar refractivity (Wildman–Crippen MR) is 61.3 cm³/mol. The summed E-state index contributed by atoms with van der Waals surface area (Å²) in [6.45, 7) is 8.01. The first-order chi connectivity index (χ1) is 7.15. The Morgan fingerprint density at radius 1 is 1.47 bits per heavy atom. The number of ketones is 1. The zero-order valence-electron chi connectivity index (χ0n) is 9.25. The summed E-state index contributed by atoms with van der Waals surface area (Å²) in [6.07, 6.45) is 1.63. The highest BCUT2D eigenvalue weighted by Gasteiger charge is 2.08. The molecule has 0 aliphatic heterocycles. The maximum absolute atomic E-state index is 11.7. The molecule has 0 fully saturated rings. The summed E-state index contributed by atoms with van der Waals surface area (Å²) in [7, 11) is 0. The van der Waals surface area contributed by atoms with Crippen LogP contribution < -0.4 is 0 Å². The average molecular weight is 204 g/mol. The average Bonchev–Trinajstić information content (AvgIpc) is 2.17. The van der Waals surface area contributed by atoms with E-state index in [1.54, 1.807) is 6.08 Å². The Labute approximate surface area is 90.6 Å². The fourth-order valence-corrected chi connectivity index (χ4v) is 1.44. The van der Waals surface area contributed by atoms with Crippen LogP contribution in [0.1, 0.15) is 21.5 Å². The van der Waals surface area contributed by atoms with Gasteiger partial charge in [0.25, 0.3) is 0 Å². The molecule has 2 nitrogen and oxygen atoms in total. The first-order valence-electron chi connectivity index (χ1n) is 4.94. The van der Waals surface area contributed by atoms with Crippen molar-refractivity contribution < 1.29 is 9.53 Å². The second-order valence-electron chi connectivity index (χ2n) is 3.55. The Bertz CT molecular complexity index is 367. The minimum absolute atomic E-state index is 0.0225. The molecule has 0 saturated heterocycles. The van der Waals surface area contributed by atoms with Crippen molar-refractivity contribution in [2.45, 2.75) is 13.8 Å². The number of aryl methyl sites for hydroxylation is 2. The lowest BCUT2D eigenvalue weighted by atomic mass is 10.0. The van der Waals surface area contributed by atoms with E-state index in [9.17, 15) is 4.79 Å². The van der Waals surface area contributed by atoms with Crippen LogP contribution in [0.25, 0.3) is 0 Å². The molecule has 1 rings (SSSR count). The summed E-state index contributed by atoms with van der Waals surface area (Å²) in [4.78, 5) is 11.7. The van der Waals surface area contributed by atoms with Crippen LogP contribution in [0.2, 0.25) is 0 Å². The molecule has 1 aromatic rings. The molecule has 80 valence electrons. The summed E-state index contributed by atoms with van der Waals surface area (Å²) in [5.41, 5.74) is 2.91. The summed E-state index contributed by atoms with van der Waals surface area (Å²) < 4.78 is 5.12. The van der Waals surface area contributed by atoms with E-state index in [1.807, 2.05) is 32.0 Å². The van der Waals surface area contributed by atoms with Gasteiger partial charge in [0.1, 0.15) is 6.61 Å². The summed E-state index contributed by atoms with van der Waals surface area (Å²) >= 11 is 0. The first-order valence-corrected chi connectivity index (χ1v) is 4.94. The normalized spacial score (nSPS) is 10.0. The van der Waals surface area contributed by atoms with Gasteiger partial charge in [0, 0.05) is 5.56 Å². The van der Waals surface area contributed by atoms with Gasteiger partial charge in [-0.15, -0.1) is 6.58 Å². The van der Waals surface area contributed by atoms with Crippen LogP contribution in [0, 0.1) is 13.8 Å². The van der Waals surface area contributed by atoms with E-state index in [0.717, 1.165) is 16.7 Å². The van der Waals surface area contributed by atoms with Gasteiger partial charge in [-0.3, -0.25) is 4.79 Å². The van der Waals surface area contributed by atoms with E-state index in [4.69, 9.17) is 4.74 Å². The van der Waals surface area contributed by atoms with Crippen molar-refractivity contribution in [3.8, 4) is 0 Å². The first kappa shape index (κ1) is 11.7. The van der Waals surface area contributed by atoms with E-state index in [2.05, 4.69) is 6.58 Å². The Morgan fingerprint density at radius 3 is 2.80 bits per heavy atom. The minimum Gasteiger partial charge on any atom is -0.369 e. The third-order valence-electron chi connectivity index (χ3n) is 2.15. The maximum atomic E-state index is 11.7. The lowest BCUT2D eigenvalue weighted by Gasteiger charge is -2.05. The van der Waals surface area contributed by atoms with Gasteiger partial charge in [0.05, 0.1) is 6.61 Å². The van der Waals surface area contributed by atoms with Crippen molar-refractivity contribution in [2.24, 2.45) is 0 Å². The van der Waals surface area contributed by atoms with Crippen LogP contribution in [-0.2, 0) is 4.74 Å². The van der Waals surface area contributed by atoms with Gasteiger partial charge in [0.2, 0.25) is 0 Å². The Morgan fingerprint density at radius 2 is 2.20 bits per heavy atom. The number of hydrogen-bond donors (Lipinski definition) is 0. The van der Waals surface area contributed by atoms with Gasteiger partial charge in [0.15, 0.2) is 5.78 Å². The summed E-state index contributed by atoms with van der Waals surface area (Å²) in [5, 5.41) is 0. The molecular weight excluding hydrogens is 188 g/mol. The number of hydrogen-bond acceptors (Lipinski definition) is 2. The van der Waals surface area contributed by atoms with Gasteiger partial charge in [-0.2, -0.15) is 0 Å². The Balaban J connectivity index is 2.69. The second kappa shape index (κ2) is 5.47. The van der Waals surface area contributed by atoms with Crippen molar-refractivity contribution in [1.29, 1.82) is 0 Å². The molecule has 0 spiro atoms. The van der Waals surface area contributed by atoms with Gasteiger partial charge in [-0.1, -0.05) is 29.8 Å². The highest BCUT2D eigenvalue weighted by molar-refractivity contribution is 5.98. The third kappa shape index (κ3) is 3.33. The lowest BCUT2D eigenvalue weighted by molar-refractivity contribution is 0.0805. The molecule has 0 unspecified atom stereocenters. The summed E-state index contributed by atoms with van der Waals surface area (Å²) in [6, 6.07) is 5.79. The standard InChI is InChI=1S/C13H16O2/c1-4-7-15-9-13(14)12-6-5-10(2)8-11(12)3/h4-6,8H,1,7,9H2,2-3H3. The molecule has 0 aliphatic rings.